The molecule has 2 rings (SSSR count). The van der Waals surface area contributed by atoms with E-state index < -0.39 is 5.60 Å². The first-order valence-electron chi connectivity index (χ1n) is 7.08. The van der Waals surface area contributed by atoms with Crippen LogP contribution in [0, 0.1) is 17.8 Å². The molecule has 2 unspecified atom stereocenters. The second kappa shape index (κ2) is 5.60. The summed E-state index contributed by atoms with van der Waals surface area (Å²) in [5.74, 6) is 0.351. The van der Waals surface area contributed by atoms with Crippen LogP contribution in [0.1, 0.15) is 20.8 Å². The van der Waals surface area contributed by atoms with Gasteiger partial charge in [-0.2, -0.15) is 0 Å². The standard InChI is InChI=1S/C14H24N2O4/c1-14(2,3)20-13(18)16-7-9(8-16)10-5-15-6-11(10)12(17)19-4/h9-11,15H,5-8H2,1-4H3. The maximum absolute atomic E-state index is 11.9. The molecule has 6 nitrogen and oxygen atoms in total. The van der Waals surface area contributed by atoms with Crippen molar-refractivity contribution in [1.82, 2.24) is 10.2 Å². The van der Waals surface area contributed by atoms with Crippen LogP contribution in [-0.4, -0.2) is 55.9 Å². The zero-order chi connectivity index (χ0) is 14.9. The van der Waals surface area contributed by atoms with E-state index in [1.54, 1.807) is 4.90 Å². The van der Waals surface area contributed by atoms with Crippen molar-refractivity contribution in [2.45, 2.75) is 26.4 Å². The zero-order valence-electron chi connectivity index (χ0n) is 12.6. The number of carbonyl (C=O) groups excluding carboxylic acids is 2. The summed E-state index contributed by atoms with van der Waals surface area (Å²) in [6, 6.07) is 0. The first kappa shape index (κ1) is 15.1. The highest BCUT2D eigenvalue weighted by molar-refractivity contribution is 5.73. The average Bonchev–Trinajstić information content (AvgIpc) is 2.72. The minimum absolute atomic E-state index is 0.0919. The second-order valence-corrected chi connectivity index (χ2v) is 6.60. The lowest BCUT2D eigenvalue weighted by Crippen LogP contribution is -2.55. The lowest BCUT2D eigenvalue weighted by molar-refractivity contribution is -0.147. The molecule has 2 fully saturated rings. The Morgan fingerprint density at radius 1 is 1.20 bits per heavy atom. The van der Waals surface area contributed by atoms with Gasteiger partial charge in [-0.05, 0) is 39.2 Å². The third-order valence-electron chi connectivity index (χ3n) is 3.93. The van der Waals surface area contributed by atoms with Crippen LogP contribution in [0.2, 0.25) is 0 Å². The maximum atomic E-state index is 11.9. The number of amides is 1. The molecule has 2 aliphatic rings. The van der Waals surface area contributed by atoms with E-state index in [0.29, 0.717) is 25.6 Å². The predicted octanol–water partition coefficient (Wildman–Crippen LogP) is 0.862. The van der Waals surface area contributed by atoms with E-state index in [9.17, 15) is 9.59 Å². The normalized spacial score (nSPS) is 27.1. The number of hydrogen-bond donors (Lipinski definition) is 1. The van der Waals surface area contributed by atoms with Crippen LogP contribution in [-0.2, 0) is 14.3 Å². The number of methoxy groups -OCH3 is 1. The Morgan fingerprint density at radius 3 is 2.40 bits per heavy atom. The van der Waals surface area contributed by atoms with Crippen molar-refractivity contribution in [3.05, 3.63) is 0 Å². The molecule has 0 bridgehead atoms. The molecule has 2 aliphatic heterocycles. The zero-order valence-corrected chi connectivity index (χ0v) is 12.6. The lowest BCUT2D eigenvalue weighted by atomic mass is 9.79. The van der Waals surface area contributed by atoms with Crippen LogP contribution >= 0.6 is 0 Å². The highest BCUT2D eigenvalue weighted by Crippen LogP contribution is 2.33. The third kappa shape index (κ3) is 3.23. The first-order valence-corrected chi connectivity index (χ1v) is 7.08. The highest BCUT2D eigenvalue weighted by Gasteiger charge is 2.45. The van der Waals surface area contributed by atoms with Crippen molar-refractivity contribution in [3.8, 4) is 0 Å². The van der Waals surface area contributed by atoms with Crippen molar-refractivity contribution in [2.24, 2.45) is 17.8 Å². The fourth-order valence-electron chi connectivity index (χ4n) is 2.86. The number of nitrogens with one attached hydrogen (secondary N) is 1. The summed E-state index contributed by atoms with van der Waals surface area (Å²) in [7, 11) is 1.42. The number of nitrogens with zero attached hydrogens (tertiary/aromatic N) is 1. The van der Waals surface area contributed by atoms with Gasteiger partial charge in [0, 0.05) is 19.6 Å². The number of carbonyl (C=O) groups is 2. The van der Waals surface area contributed by atoms with Gasteiger partial charge >= 0.3 is 12.1 Å². The Labute approximate surface area is 119 Å². The summed E-state index contributed by atoms with van der Waals surface area (Å²) >= 11 is 0. The van der Waals surface area contributed by atoms with Gasteiger partial charge in [0.25, 0.3) is 0 Å². The summed E-state index contributed by atoms with van der Waals surface area (Å²) in [6.07, 6.45) is -0.269. The van der Waals surface area contributed by atoms with E-state index in [1.165, 1.54) is 7.11 Å². The van der Waals surface area contributed by atoms with E-state index >= 15 is 0 Å². The molecule has 0 aromatic carbocycles. The van der Waals surface area contributed by atoms with Gasteiger partial charge in [0.15, 0.2) is 0 Å². The summed E-state index contributed by atoms with van der Waals surface area (Å²) in [5.41, 5.74) is -0.467. The lowest BCUT2D eigenvalue weighted by Gasteiger charge is -2.43. The van der Waals surface area contributed by atoms with Crippen LogP contribution in [0.4, 0.5) is 4.79 Å². The minimum atomic E-state index is -0.467. The molecule has 0 saturated carbocycles. The molecular formula is C14H24N2O4. The molecule has 2 heterocycles. The van der Waals surface area contributed by atoms with Crippen molar-refractivity contribution >= 4 is 12.1 Å². The molecule has 0 aromatic rings. The quantitative estimate of drug-likeness (QED) is 0.762. The Bertz CT molecular complexity index is 385. The van der Waals surface area contributed by atoms with E-state index in [0.717, 1.165) is 6.54 Å². The topological polar surface area (TPSA) is 67.9 Å². The highest BCUT2D eigenvalue weighted by atomic mass is 16.6. The Kier molecular flexibility index (Phi) is 4.22. The SMILES string of the molecule is COC(=O)C1CNCC1C1CN(C(=O)OC(C)(C)C)C1. The summed E-state index contributed by atoms with van der Waals surface area (Å²) in [5, 5.41) is 3.23. The second-order valence-electron chi connectivity index (χ2n) is 6.60. The molecular weight excluding hydrogens is 260 g/mol. The maximum Gasteiger partial charge on any atom is 0.410 e. The van der Waals surface area contributed by atoms with Crippen molar-refractivity contribution in [3.63, 3.8) is 0 Å². The van der Waals surface area contributed by atoms with Gasteiger partial charge in [-0.3, -0.25) is 4.79 Å². The van der Waals surface area contributed by atoms with E-state index in [4.69, 9.17) is 9.47 Å². The molecule has 1 amide bonds. The molecule has 0 aromatic heterocycles. The van der Waals surface area contributed by atoms with Gasteiger partial charge in [-0.25, -0.2) is 4.79 Å². The molecule has 20 heavy (non-hydrogen) atoms. The number of ether oxygens (including phenoxy) is 2. The molecule has 1 N–H and O–H groups in total. The van der Waals surface area contributed by atoms with Gasteiger partial charge < -0.3 is 19.7 Å². The molecule has 6 heteroatoms. The van der Waals surface area contributed by atoms with Crippen LogP contribution in [0.5, 0.6) is 0 Å². The molecule has 0 spiro atoms. The first-order chi connectivity index (χ1) is 9.31. The van der Waals surface area contributed by atoms with E-state index in [1.807, 2.05) is 20.8 Å². The summed E-state index contributed by atoms with van der Waals surface area (Å²) in [6.45, 7) is 8.37. The van der Waals surface area contributed by atoms with E-state index in [-0.39, 0.29) is 23.9 Å². The van der Waals surface area contributed by atoms with Crippen LogP contribution in [0.3, 0.4) is 0 Å². The molecule has 0 aliphatic carbocycles. The van der Waals surface area contributed by atoms with Crippen LogP contribution in [0.25, 0.3) is 0 Å². The van der Waals surface area contributed by atoms with Crippen LogP contribution in [0.15, 0.2) is 0 Å². The Hall–Kier alpha value is -1.30. The fourth-order valence-corrected chi connectivity index (χ4v) is 2.86. The number of esters is 1. The number of hydrogen-bond acceptors (Lipinski definition) is 5. The Balaban J connectivity index is 1.84. The summed E-state index contributed by atoms with van der Waals surface area (Å²) in [4.78, 5) is 25.3. The smallest absolute Gasteiger partial charge is 0.410 e. The van der Waals surface area contributed by atoms with Crippen LogP contribution < -0.4 is 5.32 Å². The molecule has 114 valence electrons. The minimum Gasteiger partial charge on any atom is -0.469 e. The van der Waals surface area contributed by atoms with E-state index in [2.05, 4.69) is 5.32 Å². The molecule has 0 radical (unpaired) electrons. The Morgan fingerprint density at radius 2 is 1.85 bits per heavy atom. The van der Waals surface area contributed by atoms with Gasteiger partial charge in [-0.1, -0.05) is 0 Å². The van der Waals surface area contributed by atoms with Gasteiger partial charge in [0.05, 0.1) is 13.0 Å². The van der Waals surface area contributed by atoms with Crippen molar-refractivity contribution in [2.75, 3.05) is 33.3 Å². The predicted molar refractivity (Wildman–Crippen MR) is 73.2 cm³/mol. The van der Waals surface area contributed by atoms with Gasteiger partial charge in [0.1, 0.15) is 5.60 Å². The molecule has 2 atom stereocenters. The number of likely N-dealkylation sites (tertiary alicyclic amines) is 1. The third-order valence-corrected chi connectivity index (χ3v) is 3.93. The monoisotopic (exact) mass is 284 g/mol. The van der Waals surface area contributed by atoms with Crippen molar-refractivity contribution < 1.29 is 19.1 Å². The largest absolute Gasteiger partial charge is 0.469 e. The van der Waals surface area contributed by atoms with Gasteiger partial charge in [-0.15, -0.1) is 0 Å². The summed E-state index contributed by atoms with van der Waals surface area (Å²) < 4.78 is 10.2. The fraction of sp³-hybridized carbons (Fsp3) is 0.857. The number of rotatable bonds is 2. The van der Waals surface area contributed by atoms with Crippen molar-refractivity contribution in [1.29, 1.82) is 0 Å². The van der Waals surface area contributed by atoms with Gasteiger partial charge in [0.2, 0.25) is 0 Å². The molecule has 2 saturated heterocycles. The average molecular weight is 284 g/mol.